The number of hydrogen-bond donors (Lipinski definition) is 1. The normalized spacial score (nSPS) is 10.8. The molecule has 1 aromatic heterocycles. The summed E-state index contributed by atoms with van der Waals surface area (Å²) in [6.07, 6.45) is 1.81. The average Bonchev–Trinajstić information content (AvgIpc) is 2.29. The van der Waals surface area contributed by atoms with Crippen molar-refractivity contribution in [3.05, 3.63) is 23.9 Å². The van der Waals surface area contributed by atoms with Crippen molar-refractivity contribution >= 4 is 5.82 Å². The first kappa shape index (κ1) is 12.9. The van der Waals surface area contributed by atoms with Gasteiger partial charge in [-0.25, -0.2) is 4.98 Å². The molecular weight excluding hydrogens is 202 g/mol. The van der Waals surface area contributed by atoms with E-state index in [0.717, 1.165) is 32.1 Å². The van der Waals surface area contributed by atoms with Crippen LogP contribution in [0.1, 0.15) is 5.56 Å². The molecule has 0 radical (unpaired) electrons. The molecule has 0 aliphatic carbocycles. The molecule has 1 aromatic rings. The number of pyridine rings is 1. The van der Waals surface area contributed by atoms with Gasteiger partial charge in [-0.3, -0.25) is 0 Å². The standard InChI is InChI=1S/C12H21N3O/c1-11-5-4-6-13-12(11)14-7-8-15(2)9-10-16-3/h4-6H,7-10H2,1-3H3,(H,13,14). The monoisotopic (exact) mass is 223 g/mol. The molecule has 0 aliphatic rings. The Morgan fingerprint density at radius 3 is 2.94 bits per heavy atom. The quantitative estimate of drug-likeness (QED) is 0.758. The molecular formula is C12H21N3O. The van der Waals surface area contributed by atoms with E-state index in [-0.39, 0.29) is 0 Å². The Kier molecular flexibility index (Phi) is 5.82. The largest absolute Gasteiger partial charge is 0.383 e. The minimum atomic E-state index is 0.777. The Bertz CT molecular complexity index is 304. The summed E-state index contributed by atoms with van der Waals surface area (Å²) in [6.45, 7) is 5.68. The van der Waals surface area contributed by atoms with E-state index in [4.69, 9.17) is 4.74 Å². The Hall–Kier alpha value is -1.13. The SMILES string of the molecule is COCCN(C)CCNc1ncccc1C. The van der Waals surface area contributed by atoms with Crippen molar-refractivity contribution in [2.45, 2.75) is 6.92 Å². The number of hydrogen-bond acceptors (Lipinski definition) is 4. The minimum Gasteiger partial charge on any atom is -0.383 e. The van der Waals surface area contributed by atoms with Gasteiger partial charge in [-0.1, -0.05) is 6.07 Å². The number of anilines is 1. The number of nitrogens with one attached hydrogen (secondary N) is 1. The van der Waals surface area contributed by atoms with E-state index in [1.807, 2.05) is 12.3 Å². The molecule has 0 fully saturated rings. The molecule has 16 heavy (non-hydrogen) atoms. The Labute approximate surface area is 97.6 Å². The molecule has 0 spiro atoms. The van der Waals surface area contributed by atoms with Gasteiger partial charge in [0, 0.05) is 32.9 Å². The second-order valence-electron chi connectivity index (χ2n) is 3.89. The fraction of sp³-hybridized carbons (Fsp3) is 0.583. The summed E-state index contributed by atoms with van der Waals surface area (Å²) in [5.41, 5.74) is 1.18. The molecule has 0 saturated carbocycles. The number of nitrogens with zero attached hydrogens (tertiary/aromatic N) is 2. The molecule has 0 aliphatic heterocycles. The second kappa shape index (κ2) is 7.19. The predicted molar refractivity (Wildman–Crippen MR) is 66.8 cm³/mol. The fourth-order valence-corrected chi connectivity index (χ4v) is 1.39. The highest BCUT2D eigenvalue weighted by molar-refractivity contribution is 5.42. The molecule has 4 nitrogen and oxygen atoms in total. The predicted octanol–water partition coefficient (Wildman–Crippen LogP) is 1.38. The average molecular weight is 223 g/mol. The first-order chi connectivity index (χ1) is 7.74. The van der Waals surface area contributed by atoms with Crippen LogP contribution in [0.25, 0.3) is 0 Å². The van der Waals surface area contributed by atoms with Gasteiger partial charge in [0.25, 0.3) is 0 Å². The minimum absolute atomic E-state index is 0.777. The van der Waals surface area contributed by atoms with E-state index in [2.05, 4.69) is 35.2 Å². The van der Waals surface area contributed by atoms with E-state index in [1.165, 1.54) is 5.56 Å². The molecule has 1 heterocycles. The maximum Gasteiger partial charge on any atom is 0.128 e. The van der Waals surface area contributed by atoms with Crippen molar-refractivity contribution in [1.82, 2.24) is 9.88 Å². The highest BCUT2D eigenvalue weighted by atomic mass is 16.5. The van der Waals surface area contributed by atoms with Crippen LogP contribution in [0.3, 0.4) is 0 Å². The van der Waals surface area contributed by atoms with E-state index in [9.17, 15) is 0 Å². The van der Waals surface area contributed by atoms with Crippen LogP contribution in [0, 0.1) is 6.92 Å². The Morgan fingerprint density at radius 1 is 1.44 bits per heavy atom. The maximum atomic E-state index is 5.02. The first-order valence-electron chi connectivity index (χ1n) is 5.57. The topological polar surface area (TPSA) is 37.4 Å². The van der Waals surface area contributed by atoms with E-state index in [1.54, 1.807) is 7.11 Å². The van der Waals surface area contributed by atoms with Crippen LogP contribution in [0.15, 0.2) is 18.3 Å². The molecule has 0 saturated heterocycles. The number of methoxy groups -OCH3 is 1. The van der Waals surface area contributed by atoms with Crippen LogP contribution in [0.4, 0.5) is 5.82 Å². The van der Waals surface area contributed by atoms with Crippen molar-refractivity contribution in [2.24, 2.45) is 0 Å². The zero-order valence-electron chi connectivity index (χ0n) is 10.4. The molecule has 1 rings (SSSR count). The van der Waals surface area contributed by atoms with Crippen LogP contribution in [0.2, 0.25) is 0 Å². The molecule has 1 N–H and O–H groups in total. The van der Waals surface area contributed by atoms with Gasteiger partial charge in [0.2, 0.25) is 0 Å². The zero-order valence-corrected chi connectivity index (χ0v) is 10.4. The maximum absolute atomic E-state index is 5.02. The van der Waals surface area contributed by atoms with Crippen LogP contribution in [0.5, 0.6) is 0 Å². The van der Waals surface area contributed by atoms with Crippen molar-refractivity contribution in [1.29, 1.82) is 0 Å². The Morgan fingerprint density at radius 2 is 2.25 bits per heavy atom. The summed E-state index contributed by atoms with van der Waals surface area (Å²) in [5.74, 6) is 0.975. The lowest BCUT2D eigenvalue weighted by Gasteiger charge is -2.16. The van der Waals surface area contributed by atoms with Crippen LogP contribution in [-0.2, 0) is 4.74 Å². The molecule has 0 amide bonds. The van der Waals surface area contributed by atoms with Crippen molar-refractivity contribution in [3.8, 4) is 0 Å². The van der Waals surface area contributed by atoms with Gasteiger partial charge >= 0.3 is 0 Å². The number of rotatable bonds is 7. The number of aryl methyl sites for hydroxylation is 1. The lowest BCUT2D eigenvalue weighted by atomic mass is 10.3. The summed E-state index contributed by atoms with van der Waals surface area (Å²) in [4.78, 5) is 6.51. The number of likely N-dealkylation sites (N-methyl/N-ethyl adjacent to an activating group) is 1. The lowest BCUT2D eigenvalue weighted by molar-refractivity contribution is 0.163. The van der Waals surface area contributed by atoms with E-state index in [0.29, 0.717) is 0 Å². The van der Waals surface area contributed by atoms with Crippen LogP contribution < -0.4 is 5.32 Å². The zero-order chi connectivity index (χ0) is 11.8. The van der Waals surface area contributed by atoms with E-state index >= 15 is 0 Å². The van der Waals surface area contributed by atoms with Gasteiger partial charge in [-0.05, 0) is 25.6 Å². The van der Waals surface area contributed by atoms with Gasteiger partial charge in [-0.2, -0.15) is 0 Å². The van der Waals surface area contributed by atoms with Crippen molar-refractivity contribution in [2.75, 3.05) is 45.7 Å². The van der Waals surface area contributed by atoms with E-state index < -0.39 is 0 Å². The van der Waals surface area contributed by atoms with Gasteiger partial charge in [-0.15, -0.1) is 0 Å². The molecule has 90 valence electrons. The summed E-state index contributed by atoms with van der Waals surface area (Å²) >= 11 is 0. The molecule has 0 unspecified atom stereocenters. The number of aromatic nitrogens is 1. The third-order valence-electron chi connectivity index (χ3n) is 2.47. The highest BCUT2D eigenvalue weighted by Gasteiger charge is 1.99. The third-order valence-corrected chi connectivity index (χ3v) is 2.47. The number of ether oxygens (including phenoxy) is 1. The lowest BCUT2D eigenvalue weighted by Crippen LogP contribution is -2.28. The van der Waals surface area contributed by atoms with Gasteiger partial charge in [0.1, 0.15) is 5.82 Å². The Balaban J connectivity index is 2.23. The van der Waals surface area contributed by atoms with Crippen LogP contribution in [-0.4, -0.2) is 50.3 Å². The molecule has 4 heteroatoms. The summed E-state index contributed by atoms with van der Waals surface area (Å²) in [5, 5.41) is 3.33. The van der Waals surface area contributed by atoms with Gasteiger partial charge in [0.15, 0.2) is 0 Å². The van der Waals surface area contributed by atoms with Crippen molar-refractivity contribution < 1.29 is 4.74 Å². The highest BCUT2D eigenvalue weighted by Crippen LogP contribution is 2.08. The van der Waals surface area contributed by atoms with Crippen molar-refractivity contribution in [3.63, 3.8) is 0 Å². The van der Waals surface area contributed by atoms with Crippen LogP contribution >= 0.6 is 0 Å². The summed E-state index contributed by atoms with van der Waals surface area (Å²) in [6, 6.07) is 4.01. The fourth-order valence-electron chi connectivity index (χ4n) is 1.39. The molecule has 0 atom stereocenters. The third kappa shape index (κ3) is 4.59. The molecule has 0 bridgehead atoms. The van der Waals surface area contributed by atoms with Gasteiger partial charge in [0.05, 0.1) is 6.61 Å². The van der Waals surface area contributed by atoms with Gasteiger partial charge < -0.3 is 15.0 Å². The second-order valence-corrected chi connectivity index (χ2v) is 3.89. The smallest absolute Gasteiger partial charge is 0.128 e. The first-order valence-corrected chi connectivity index (χ1v) is 5.57. The summed E-state index contributed by atoms with van der Waals surface area (Å²) in [7, 11) is 3.81. The summed E-state index contributed by atoms with van der Waals surface area (Å²) < 4.78 is 5.02. The molecule has 0 aromatic carbocycles.